The summed E-state index contributed by atoms with van der Waals surface area (Å²) in [4.78, 5) is 50.0. The lowest BCUT2D eigenvalue weighted by Crippen LogP contribution is -2.46. The summed E-state index contributed by atoms with van der Waals surface area (Å²) in [5.41, 5.74) is 1.34. The molecule has 40 heavy (non-hydrogen) atoms. The zero-order valence-corrected chi connectivity index (χ0v) is 21.7. The highest BCUT2D eigenvalue weighted by molar-refractivity contribution is 5.79. The van der Waals surface area contributed by atoms with Crippen molar-refractivity contribution in [3.63, 3.8) is 0 Å². The van der Waals surface area contributed by atoms with Gasteiger partial charge in [-0.25, -0.2) is 0 Å². The Balaban J connectivity index is 1.84. The summed E-state index contributed by atoms with van der Waals surface area (Å²) < 4.78 is 0. The van der Waals surface area contributed by atoms with Gasteiger partial charge in [0.1, 0.15) is 0 Å². The number of hydrogen-bond donors (Lipinski definition) is 8. The number of carboxylic acids is 2. The van der Waals surface area contributed by atoms with Crippen LogP contribution in [0.15, 0.2) is 36.4 Å². The SMILES string of the molecule is O=C(O)CN(CCN(CC(=O)O)CC(=O)NCCc1ccc(O)c(O)c1)CC(=O)NCCc1ccc(O)c(O)c1. The Morgan fingerprint density at radius 3 is 1.27 bits per heavy atom. The van der Waals surface area contributed by atoms with E-state index >= 15 is 0 Å². The van der Waals surface area contributed by atoms with Crippen molar-refractivity contribution < 1.29 is 49.8 Å². The maximum Gasteiger partial charge on any atom is 0.317 e. The minimum absolute atomic E-state index is 0.00109. The van der Waals surface area contributed by atoms with E-state index in [9.17, 15) is 49.8 Å². The Kier molecular flexibility index (Phi) is 12.5. The van der Waals surface area contributed by atoms with Gasteiger partial charge in [-0.2, -0.15) is 0 Å². The number of carboxylic acid groups (broad SMARTS) is 2. The first kappa shape index (κ1) is 31.7. The third-order valence-electron chi connectivity index (χ3n) is 5.74. The Hall–Kier alpha value is -4.56. The number of carbonyl (C=O) groups excluding carboxylic acids is 2. The summed E-state index contributed by atoms with van der Waals surface area (Å²) in [6, 6.07) is 8.55. The molecule has 0 aliphatic carbocycles. The van der Waals surface area contributed by atoms with Gasteiger partial charge in [0.05, 0.1) is 26.2 Å². The maximum absolute atomic E-state index is 12.4. The number of nitrogens with one attached hydrogen (secondary N) is 2. The van der Waals surface area contributed by atoms with Gasteiger partial charge in [0.25, 0.3) is 0 Å². The monoisotopic (exact) mass is 562 g/mol. The summed E-state index contributed by atoms with van der Waals surface area (Å²) in [5.74, 6) is -4.39. The first-order valence-corrected chi connectivity index (χ1v) is 12.4. The van der Waals surface area contributed by atoms with Crippen molar-refractivity contribution in [2.75, 3.05) is 52.4 Å². The minimum atomic E-state index is -1.19. The topological polar surface area (TPSA) is 220 Å². The van der Waals surface area contributed by atoms with Crippen LogP contribution in [-0.4, -0.2) is 117 Å². The van der Waals surface area contributed by atoms with Crippen LogP contribution in [0.25, 0.3) is 0 Å². The van der Waals surface area contributed by atoms with Crippen molar-refractivity contribution in [3.05, 3.63) is 47.5 Å². The van der Waals surface area contributed by atoms with Crippen LogP contribution in [0.2, 0.25) is 0 Å². The first-order chi connectivity index (χ1) is 18.9. The van der Waals surface area contributed by atoms with Gasteiger partial charge in [-0.05, 0) is 48.2 Å². The molecule has 0 bridgehead atoms. The third-order valence-corrected chi connectivity index (χ3v) is 5.74. The quantitative estimate of drug-likeness (QED) is 0.112. The lowest BCUT2D eigenvalue weighted by molar-refractivity contribution is -0.141. The van der Waals surface area contributed by atoms with Gasteiger partial charge in [-0.1, -0.05) is 12.1 Å². The van der Waals surface area contributed by atoms with Crippen LogP contribution < -0.4 is 10.6 Å². The van der Waals surface area contributed by atoms with E-state index in [4.69, 9.17) is 0 Å². The number of aromatic hydroxyl groups is 4. The molecule has 14 heteroatoms. The van der Waals surface area contributed by atoms with Gasteiger partial charge in [-0.15, -0.1) is 0 Å². The first-order valence-electron chi connectivity index (χ1n) is 12.4. The largest absolute Gasteiger partial charge is 0.504 e. The van der Waals surface area contributed by atoms with E-state index in [1.165, 1.54) is 34.1 Å². The molecule has 0 spiro atoms. The fraction of sp³-hybridized carbons (Fsp3) is 0.385. The fourth-order valence-corrected chi connectivity index (χ4v) is 3.75. The average Bonchev–Trinajstić information content (AvgIpc) is 2.86. The van der Waals surface area contributed by atoms with Gasteiger partial charge < -0.3 is 41.3 Å². The van der Waals surface area contributed by atoms with Crippen LogP contribution in [0.1, 0.15) is 11.1 Å². The lowest BCUT2D eigenvalue weighted by Gasteiger charge is -2.25. The number of phenols is 4. The second kappa shape index (κ2) is 15.8. The van der Waals surface area contributed by atoms with Crippen molar-refractivity contribution in [1.29, 1.82) is 0 Å². The molecule has 0 aliphatic rings. The van der Waals surface area contributed by atoms with Crippen molar-refractivity contribution in [1.82, 2.24) is 20.4 Å². The second-order valence-corrected chi connectivity index (χ2v) is 9.05. The van der Waals surface area contributed by atoms with Crippen molar-refractivity contribution in [2.24, 2.45) is 0 Å². The smallest absolute Gasteiger partial charge is 0.317 e. The zero-order valence-electron chi connectivity index (χ0n) is 21.7. The van der Waals surface area contributed by atoms with E-state index in [2.05, 4.69) is 10.6 Å². The summed E-state index contributed by atoms with van der Waals surface area (Å²) in [7, 11) is 0. The van der Waals surface area contributed by atoms with Crippen molar-refractivity contribution >= 4 is 23.8 Å². The van der Waals surface area contributed by atoms with Crippen LogP contribution >= 0.6 is 0 Å². The predicted octanol–water partition coefficient (Wildman–Crippen LogP) is -0.700. The summed E-state index contributed by atoms with van der Waals surface area (Å²) in [6.45, 7) is -1.13. The number of phenolic OH excluding ortho intramolecular Hbond substituents is 4. The Bertz CT molecular complexity index is 1100. The molecular weight excluding hydrogens is 528 g/mol. The minimum Gasteiger partial charge on any atom is -0.504 e. The molecule has 0 radical (unpaired) electrons. The molecule has 0 fully saturated rings. The number of amides is 2. The Morgan fingerprint density at radius 2 is 0.950 bits per heavy atom. The molecule has 0 saturated carbocycles. The molecule has 2 amide bonds. The standard InChI is InChI=1S/C26H34N4O10/c31-19-3-1-17(11-21(19)33)5-7-27-23(35)13-29(15-25(37)38)9-10-30(16-26(39)40)14-24(36)28-8-6-18-2-4-20(32)22(34)12-18/h1-4,11-12,31-34H,5-10,13-16H2,(H,27,35)(H,28,36)(H,37,38)(H,39,40). The van der Waals surface area contributed by atoms with E-state index in [1.807, 2.05) is 0 Å². The number of benzene rings is 2. The Morgan fingerprint density at radius 1 is 0.575 bits per heavy atom. The fourth-order valence-electron chi connectivity index (χ4n) is 3.75. The van der Waals surface area contributed by atoms with Crippen molar-refractivity contribution in [3.8, 4) is 23.0 Å². The average molecular weight is 563 g/mol. The van der Waals surface area contributed by atoms with Crippen LogP contribution in [0, 0.1) is 0 Å². The van der Waals surface area contributed by atoms with Crippen molar-refractivity contribution in [2.45, 2.75) is 12.8 Å². The van der Waals surface area contributed by atoms with Gasteiger partial charge in [0.2, 0.25) is 11.8 Å². The highest BCUT2D eigenvalue weighted by Gasteiger charge is 2.19. The highest BCUT2D eigenvalue weighted by atomic mass is 16.4. The number of rotatable bonds is 17. The molecule has 0 aliphatic heterocycles. The molecule has 0 saturated heterocycles. The van der Waals surface area contributed by atoms with E-state index < -0.39 is 36.8 Å². The molecule has 218 valence electrons. The third kappa shape index (κ3) is 11.9. The molecule has 8 N–H and O–H groups in total. The maximum atomic E-state index is 12.4. The van der Waals surface area contributed by atoms with E-state index in [-0.39, 0.29) is 62.3 Å². The lowest BCUT2D eigenvalue weighted by atomic mass is 10.1. The number of aliphatic carboxylic acids is 2. The number of carbonyl (C=O) groups is 4. The van der Waals surface area contributed by atoms with Gasteiger partial charge >= 0.3 is 11.9 Å². The summed E-state index contributed by atoms with van der Waals surface area (Å²) >= 11 is 0. The molecule has 0 heterocycles. The van der Waals surface area contributed by atoms with E-state index in [1.54, 1.807) is 12.1 Å². The zero-order chi connectivity index (χ0) is 29.7. The molecule has 0 atom stereocenters. The second-order valence-electron chi connectivity index (χ2n) is 9.05. The van der Waals surface area contributed by atoms with Gasteiger partial charge in [0, 0.05) is 26.2 Å². The van der Waals surface area contributed by atoms with Crippen LogP contribution in [0.5, 0.6) is 23.0 Å². The molecule has 14 nitrogen and oxygen atoms in total. The van der Waals surface area contributed by atoms with Crippen LogP contribution in [0.3, 0.4) is 0 Å². The summed E-state index contributed by atoms with van der Waals surface area (Å²) in [5, 5.41) is 61.6. The molecule has 2 aromatic rings. The van der Waals surface area contributed by atoms with E-state index in [0.717, 1.165) is 0 Å². The Labute approximate surface area is 230 Å². The van der Waals surface area contributed by atoms with Crippen LogP contribution in [0.4, 0.5) is 0 Å². The molecule has 2 rings (SSSR count). The summed E-state index contributed by atoms with van der Waals surface area (Å²) in [6.07, 6.45) is 0.710. The normalized spacial score (nSPS) is 10.9. The van der Waals surface area contributed by atoms with E-state index in [0.29, 0.717) is 24.0 Å². The molecular formula is C26H34N4O10. The molecule has 2 aromatic carbocycles. The number of nitrogens with zero attached hydrogens (tertiary/aromatic N) is 2. The van der Waals surface area contributed by atoms with Gasteiger partial charge in [-0.3, -0.25) is 29.0 Å². The molecule has 0 aromatic heterocycles. The number of hydrogen-bond acceptors (Lipinski definition) is 10. The van der Waals surface area contributed by atoms with Gasteiger partial charge in [0.15, 0.2) is 23.0 Å². The predicted molar refractivity (Wildman–Crippen MR) is 141 cm³/mol. The highest BCUT2D eigenvalue weighted by Crippen LogP contribution is 2.25. The molecule has 0 unspecified atom stereocenters. The van der Waals surface area contributed by atoms with Crippen LogP contribution in [-0.2, 0) is 32.0 Å².